The lowest BCUT2D eigenvalue weighted by Crippen LogP contribution is -2.10. The van der Waals surface area contributed by atoms with Crippen LogP contribution in [0.1, 0.15) is 38.6 Å². The Kier molecular flexibility index (Phi) is 5.36. The van der Waals surface area contributed by atoms with Crippen LogP contribution in [0.25, 0.3) is 32.8 Å². The standard InChI is InChI=1S/C28H19ClN2O2S/c29-19-12-9-17(10-13-19)15-18-11-14-21-26(20-5-1-2-6-22(20)31-27(18)21)28(32)33-16-25-30-23-7-3-4-8-24(23)34-25/h1-10,12-13,15H,11,14,16H2/b18-15+. The fourth-order valence-electron chi connectivity index (χ4n) is 4.45. The number of benzene rings is 3. The van der Waals surface area contributed by atoms with E-state index < -0.39 is 0 Å². The smallest absolute Gasteiger partial charge is 0.339 e. The number of nitrogens with zero attached hydrogens (tertiary/aromatic N) is 2. The van der Waals surface area contributed by atoms with Crippen LogP contribution >= 0.6 is 22.9 Å². The van der Waals surface area contributed by atoms with Gasteiger partial charge in [-0.05, 0) is 65.9 Å². The maximum atomic E-state index is 13.4. The molecule has 0 bridgehead atoms. The molecule has 1 aliphatic carbocycles. The van der Waals surface area contributed by atoms with Crippen molar-refractivity contribution in [3.05, 3.63) is 105 Å². The van der Waals surface area contributed by atoms with Crippen LogP contribution in [0, 0.1) is 0 Å². The Labute approximate surface area is 205 Å². The molecule has 0 fully saturated rings. The summed E-state index contributed by atoms with van der Waals surface area (Å²) < 4.78 is 6.87. The van der Waals surface area contributed by atoms with Gasteiger partial charge in [0, 0.05) is 10.4 Å². The largest absolute Gasteiger partial charge is 0.455 e. The predicted octanol–water partition coefficient (Wildman–Crippen LogP) is 7.34. The summed E-state index contributed by atoms with van der Waals surface area (Å²) in [6, 6.07) is 23.4. The number of carbonyl (C=O) groups excluding carboxylic acids is 1. The van der Waals surface area contributed by atoms with Crippen molar-refractivity contribution >= 4 is 61.7 Å². The van der Waals surface area contributed by atoms with Crippen molar-refractivity contribution in [1.29, 1.82) is 0 Å². The van der Waals surface area contributed by atoms with Crippen LogP contribution < -0.4 is 0 Å². The van der Waals surface area contributed by atoms with E-state index in [1.165, 1.54) is 0 Å². The van der Waals surface area contributed by atoms with Crippen molar-refractivity contribution in [2.75, 3.05) is 0 Å². The average molecular weight is 483 g/mol. The highest BCUT2D eigenvalue weighted by Gasteiger charge is 2.27. The molecule has 0 saturated carbocycles. The van der Waals surface area contributed by atoms with Crippen LogP contribution in [-0.2, 0) is 17.8 Å². The van der Waals surface area contributed by atoms with Crippen molar-refractivity contribution < 1.29 is 9.53 Å². The van der Waals surface area contributed by atoms with Crippen LogP contribution in [-0.4, -0.2) is 15.9 Å². The van der Waals surface area contributed by atoms with E-state index in [4.69, 9.17) is 21.3 Å². The number of carbonyl (C=O) groups is 1. The van der Waals surface area contributed by atoms with Gasteiger partial charge in [0.05, 0.1) is 27.0 Å². The van der Waals surface area contributed by atoms with E-state index in [1.54, 1.807) is 11.3 Å². The molecule has 0 aliphatic heterocycles. The van der Waals surface area contributed by atoms with Gasteiger partial charge in [0.2, 0.25) is 0 Å². The topological polar surface area (TPSA) is 52.1 Å². The SMILES string of the molecule is O=C(OCc1nc2ccccc2s1)c1c2c(nc3ccccc13)/C(=C/c1ccc(Cl)cc1)CC2. The van der Waals surface area contributed by atoms with Crippen molar-refractivity contribution in [2.45, 2.75) is 19.4 Å². The average Bonchev–Trinajstić information content (AvgIpc) is 3.46. The third-order valence-corrected chi connectivity index (χ3v) is 7.28. The van der Waals surface area contributed by atoms with Crippen molar-refractivity contribution in [1.82, 2.24) is 9.97 Å². The lowest BCUT2D eigenvalue weighted by atomic mass is 10.0. The highest BCUT2D eigenvalue weighted by atomic mass is 35.5. The monoisotopic (exact) mass is 482 g/mol. The van der Waals surface area contributed by atoms with Gasteiger partial charge in [0.25, 0.3) is 0 Å². The number of halogens is 1. The normalized spacial score (nSPS) is 14.1. The van der Waals surface area contributed by atoms with Crippen LogP contribution in [0.3, 0.4) is 0 Å². The number of para-hydroxylation sites is 2. The molecule has 166 valence electrons. The molecule has 0 atom stereocenters. The molecule has 0 saturated heterocycles. The number of thiazole rings is 1. The van der Waals surface area contributed by atoms with Gasteiger partial charge in [0.1, 0.15) is 11.6 Å². The molecule has 0 unspecified atom stereocenters. The molecule has 0 N–H and O–H groups in total. The van der Waals surface area contributed by atoms with Crippen LogP contribution in [0.2, 0.25) is 5.02 Å². The number of fused-ring (bicyclic) bond motifs is 3. The Morgan fingerprint density at radius 1 is 0.941 bits per heavy atom. The van der Waals surface area contributed by atoms with E-state index in [1.807, 2.05) is 72.8 Å². The first-order valence-corrected chi connectivity index (χ1v) is 12.2. The summed E-state index contributed by atoms with van der Waals surface area (Å²) in [6.07, 6.45) is 3.69. The third-order valence-electron chi connectivity index (χ3n) is 6.02. The lowest BCUT2D eigenvalue weighted by Gasteiger charge is -2.12. The van der Waals surface area contributed by atoms with Crippen LogP contribution in [0.4, 0.5) is 0 Å². The Morgan fingerprint density at radius 2 is 1.71 bits per heavy atom. The molecule has 4 nitrogen and oxygen atoms in total. The molecule has 6 heteroatoms. The first-order valence-electron chi connectivity index (χ1n) is 11.1. The summed E-state index contributed by atoms with van der Waals surface area (Å²) >= 11 is 7.59. The van der Waals surface area contributed by atoms with E-state index in [0.717, 1.165) is 61.4 Å². The van der Waals surface area contributed by atoms with E-state index in [0.29, 0.717) is 10.6 Å². The second-order valence-electron chi connectivity index (χ2n) is 8.20. The molecule has 2 heterocycles. The number of rotatable bonds is 4. The molecule has 34 heavy (non-hydrogen) atoms. The zero-order valence-corrected chi connectivity index (χ0v) is 19.7. The third kappa shape index (κ3) is 3.87. The Balaban J connectivity index is 1.37. The zero-order valence-electron chi connectivity index (χ0n) is 18.1. The number of aromatic nitrogens is 2. The zero-order chi connectivity index (χ0) is 23.1. The molecule has 5 aromatic rings. The number of pyridine rings is 1. The number of hydrogen-bond donors (Lipinski definition) is 0. The van der Waals surface area contributed by atoms with Gasteiger partial charge in [0.15, 0.2) is 0 Å². The van der Waals surface area contributed by atoms with E-state index in [2.05, 4.69) is 11.1 Å². The minimum Gasteiger partial charge on any atom is -0.455 e. The molecule has 6 rings (SSSR count). The number of esters is 1. The molecular formula is C28H19ClN2O2S. The maximum Gasteiger partial charge on any atom is 0.339 e. The van der Waals surface area contributed by atoms with E-state index in [9.17, 15) is 4.79 Å². The van der Waals surface area contributed by atoms with Gasteiger partial charge >= 0.3 is 5.97 Å². The summed E-state index contributed by atoms with van der Waals surface area (Å²) in [5, 5.41) is 2.31. The summed E-state index contributed by atoms with van der Waals surface area (Å²) in [5.41, 5.74) is 6.32. The van der Waals surface area contributed by atoms with Crippen LogP contribution in [0.5, 0.6) is 0 Å². The highest BCUT2D eigenvalue weighted by Crippen LogP contribution is 2.38. The summed E-state index contributed by atoms with van der Waals surface area (Å²) in [6.45, 7) is 0.150. The Bertz CT molecular complexity index is 1550. The fourth-order valence-corrected chi connectivity index (χ4v) is 5.46. The van der Waals surface area contributed by atoms with Crippen LogP contribution in [0.15, 0.2) is 72.8 Å². The van der Waals surface area contributed by atoms with E-state index >= 15 is 0 Å². The van der Waals surface area contributed by atoms with Gasteiger partial charge in [-0.2, -0.15) is 0 Å². The summed E-state index contributed by atoms with van der Waals surface area (Å²) in [5.74, 6) is -0.332. The predicted molar refractivity (Wildman–Crippen MR) is 138 cm³/mol. The quantitative estimate of drug-likeness (QED) is 0.251. The van der Waals surface area contributed by atoms with Crippen molar-refractivity contribution in [2.24, 2.45) is 0 Å². The minimum absolute atomic E-state index is 0.150. The van der Waals surface area contributed by atoms with Gasteiger partial charge in [-0.15, -0.1) is 11.3 Å². The second-order valence-corrected chi connectivity index (χ2v) is 9.76. The number of hydrogen-bond acceptors (Lipinski definition) is 5. The molecule has 1 aliphatic rings. The molecule has 0 spiro atoms. The molecule has 2 aromatic heterocycles. The first kappa shape index (κ1) is 21.0. The van der Waals surface area contributed by atoms with Gasteiger partial charge < -0.3 is 4.74 Å². The second kappa shape index (κ2) is 8.67. The van der Waals surface area contributed by atoms with Gasteiger partial charge in [-0.25, -0.2) is 14.8 Å². The Morgan fingerprint density at radius 3 is 2.53 bits per heavy atom. The lowest BCUT2D eigenvalue weighted by molar-refractivity contribution is 0.0473. The Hall–Kier alpha value is -3.54. The van der Waals surface area contributed by atoms with E-state index in [-0.39, 0.29) is 12.6 Å². The maximum absolute atomic E-state index is 13.4. The molecule has 3 aromatic carbocycles. The van der Waals surface area contributed by atoms with Crippen molar-refractivity contribution in [3.63, 3.8) is 0 Å². The number of allylic oxidation sites excluding steroid dienone is 1. The molecular weight excluding hydrogens is 464 g/mol. The summed E-state index contributed by atoms with van der Waals surface area (Å²) in [7, 11) is 0. The number of ether oxygens (including phenoxy) is 1. The first-order chi connectivity index (χ1) is 16.7. The fraction of sp³-hybridized carbons (Fsp3) is 0.107. The molecule has 0 radical (unpaired) electrons. The van der Waals surface area contributed by atoms with Gasteiger partial charge in [-0.1, -0.05) is 54.1 Å². The highest BCUT2D eigenvalue weighted by molar-refractivity contribution is 7.18. The molecule has 0 amide bonds. The van der Waals surface area contributed by atoms with Gasteiger partial charge in [-0.3, -0.25) is 0 Å². The summed E-state index contributed by atoms with van der Waals surface area (Å²) in [4.78, 5) is 22.9. The van der Waals surface area contributed by atoms with Crippen molar-refractivity contribution in [3.8, 4) is 0 Å². The minimum atomic E-state index is -0.332.